The van der Waals surface area contributed by atoms with Crippen molar-refractivity contribution < 1.29 is 14.6 Å². The number of aryl methyl sites for hydroxylation is 1. The average Bonchev–Trinajstić information content (AvgIpc) is 3.14. The summed E-state index contributed by atoms with van der Waals surface area (Å²) in [6, 6.07) is 10.5. The molecule has 1 aliphatic carbocycles. The van der Waals surface area contributed by atoms with E-state index >= 15 is 0 Å². The summed E-state index contributed by atoms with van der Waals surface area (Å²) in [6.07, 6.45) is 9.16. The molecule has 0 fully saturated rings. The molecule has 1 atom stereocenters. The van der Waals surface area contributed by atoms with Crippen molar-refractivity contribution in [1.82, 2.24) is 14.9 Å². The number of ether oxygens (including phenoxy) is 1. The summed E-state index contributed by atoms with van der Waals surface area (Å²) in [4.78, 5) is 31.7. The zero-order chi connectivity index (χ0) is 28.6. The first-order valence-electron chi connectivity index (χ1n) is 13.7. The van der Waals surface area contributed by atoms with Gasteiger partial charge in [0.1, 0.15) is 17.1 Å². The normalized spacial score (nSPS) is 14.1. The van der Waals surface area contributed by atoms with Crippen LogP contribution in [-0.4, -0.2) is 33.9 Å². The van der Waals surface area contributed by atoms with Gasteiger partial charge in [-0.05, 0) is 67.3 Å². The monoisotopic (exact) mass is 543 g/mol. The lowest BCUT2D eigenvalue weighted by Crippen LogP contribution is -2.33. The number of nitrogens with one attached hydrogen (secondary N) is 2. The molecule has 0 aliphatic heterocycles. The summed E-state index contributed by atoms with van der Waals surface area (Å²) in [6.45, 7) is 6.88. The Morgan fingerprint density at radius 2 is 2.02 bits per heavy atom. The number of nitrogens with two attached hydrogens (primary N) is 1. The maximum Gasteiger partial charge on any atom is 0.323 e. The van der Waals surface area contributed by atoms with Gasteiger partial charge in [-0.1, -0.05) is 31.6 Å². The number of anilines is 1. The zero-order valence-corrected chi connectivity index (χ0v) is 23.2. The van der Waals surface area contributed by atoms with E-state index < -0.39 is 6.03 Å². The number of urea groups is 1. The van der Waals surface area contributed by atoms with Crippen LogP contribution in [-0.2, 0) is 6.54 Å². The number of pyridine rings is 2. The van der Waals surface area contributed by atoms with Crippen molar-refractivity contribution in [2.45, 2.75) is 46.6 Å². The molecule has 1 aliphatic rings. The number of hydrogen-bond acceptors (Lipinski definition) is 6. The van der Waals surface area contributed by atoms with Crippen LogP contribution in [0.25, 0.3) is 22.2 Å². The fourth-order valence-electron chi connectivity index (χ4n) is 4.73. The number of aliphatic hydroxyl groups is 1. The van der Waals surface area contributed by atoms with Crippen LogP contribution in [0.1, 0.15) is 40.0 Å². The topological polar surface area (TPSA) is 132 Å². The predicted molar refractivity (Wildman–Crippen MR) is 159 cm³/mol. The number of amides is 2. The Hall–Kier alpha value is -4.37. The molecule has 0 bridgehead atoms. The first-order chi connectivity index (χ1) is 19.4. The van der Waals surface area contributed by atoms with Crippen molar-refractivity contribution in [3.05, 3.63) is 88.1 Å². The summed E-state index contributed by atoms with van der Waals surface area (Å²) >= 11 is 0. The third kappa shape index (κ3) is 6.43. The molecule has 1 unspecified atom stereocenters. The van der Waals surface area contributed by atoms with Gasteiger partial charge in [-0.15, -0.1) is 0 Å². The quantitative estimate of drug-likeness (QED) is 0.264. The first kappa shape index (κ1) is 28.6. The highest BCUT2D eigenvalue weighted by molar-refractivity contribution is 6.04. The lowest BCUT2D eigenvalue weighted by Gasteiger charge is -2.19. The van der Waals surface area contributed by atoms with Crippen LogP contribution < -0.4 is 26.7 Å². The number of benzene rings is 1. The molecular formula is C31H37N5O4. The maximum atomic E-state index is 13.8. The van der Waals surface area contributed by atoms with Crippen molar-refractivity contribution in [2.75, 3.05) is 18.5 Å². The molecule has 2 heterocycles. The molecule has 5 N–H and O–H groups in total. The van der Waals surface area contributed by atoms with Gasteiger partial charge in [-0.2, -0.15) is 0 Å². The van der Waals surface area contributed by atoms with E-state index in [9.17, 15) is 9.59 Å². The van der Waals surface area contributed by atoms with Gasteiger partial charge in [-0.3, -0.25) is 9.36 Å². The number of carbonyl (C=O) groups excluding carboxylic acids is 1. The lowest BCUT2D eigenvalue weighted by molar-refractivity contribution is 0.233. The van der Waals surface area contributed by atoms with Gasteiger partial charge in [0.05, 0.1) is 6.61 Å². The molecule has 210 valence electrons. The van der Waals surface area contributed by atoms with E-state index in [1.54, 1.807) is 29.0 Å². The second-order valence-electron chi connectivity index (χ2n) is 9.77. The number of hydrogen-bond donors (Lipinski definition) is 4. The Bertz CT molecular complexity index is 1540. The molecular weight excluding hydrogens is 506 g/mol. The minimum Gasteiger partial charge on any atom is -0.493 e. The van der Waals surface area contributed by atoms with Gasteiger partial charge in [0.15, 0.2) is 0 Å². The molecule has 0 spiro atoms. The van der Waals surface area contributed by atoms with Gasteiger partial charge in [-0.25, -0.2) is 9.78 Å². The van der Waals surface area contributed by atoms with Crippen LogP contribution in [0.3, 0.4) is 0 Å². The molecule has 9 heteroatoms. The van der Waals surface area contributed by atoms with Crippen LogP contribution >= 0.6 is 0 Å². The number of rotatable bonds is 10. The van der Waals surface area contributed by atoms with E-state index in [1.807, 2.05) is 43.3 Å². The molecule has 1 aromatic carbocycles. The summed E-state index contributed by atoms with van der Waals surface area (Å²) in [5, 5.41) is 15.6. The van der Waals surface area contributed by atoms with E-state index in [1.165, 1.54) is 0 Å². The SMILES string of the molecule is CCC(C)C1=CC(N)=CC=C(NC(=O)Nc2c(-c3cccc(OCCCO)c3)c3cccnc3n(CC)c2=O)C1. The van der Waals surface area contributed by atoms with E-state index in [2.05, 4.69) is 29.5 Å². The van der Waals surface area contributed by atoms with E-state index in [0.717, 1.165) is 17.4 Å². The smallest absolute Gasteiger partial charge is 0.323 e. The number of aromatic nitrogens is 2. The van der Waals surface area contributed by atoms with Gasteiger partial charge in [0.25, 0.3) is 5.56 Å². The van der Waals surface area contributed by atoms with Gasteiger partial charge in [0, 0.05) is 54.5 Å². The van der Waals surface area contributed by atoms with E-state index in [0.29, 0.717) is 65.8 Å². The van der Waals surface area contributed by atoms with Crippen LogP contribution in [0.5, 0.6) is 5.75 Å². The molecule has 40 heavy (non-hydrogen) atoms. The minimum absolute atomic E-state index is 0.0296. The first-order valence-corrected chi connectivity index (χ1v) is 13.7. The van der Waals surface area contributed by atoms with Gasteiger partial charge >= 0.3 is 6.03 Å². The predicted octanol–water partition coefficient (Wildman–Crippen LogP) is 5.07. The van der Waals surface area contributed by atoms with Crippen LogP contribution in [0.4, 0.5) is 10.5 Å². The van der Waals surface area contributed by atoms with E-state index in [4.69, 9.17) is 15.6 Å². The highest BCUT2D eigenvalue weighted by atomic mass is 16.5. The molecule has 0 saturated carbocycles. The highest BCUT2D eigenvalue weighted by Gasteiger charge is 2.21. The Balaban J connectivity index is 1.75. The molecule has 2 amide bonds. The standard InChI is InChI=1S/C31H37N5O4/c1-4-20(3)22-17-23(32)12-13-24(18-22)34-31(39)35-28-27(21-9-6-10-25(19-21)40-16-8-15-37)26-11-7-14-33-29(26)36(5-2)30(28)38/h6-7,9-14,17,19-20,37H,4-5,8,15-16,18,32H2,1-3H3,(H2,34,35,39). The van der Waals surface area contributed by atoms with Crippen molar-refractivity contribution in [3.8, 4) is 16.9 Å². The second kappa shape index (κ2) is 13.1. The molecule has 2 aromatic heterocycles. The number of allylic oxidation sites excluding steroid dienone is 4. The number of aliphatic hydroxyl groups excluding tert-OH is 1. The number of nitrogens with zero attached hydrogens (tertiary/aromatic N) is 2. The van der Waals surface area contributed by atoms with Crippen LogP contribution in [0.15, 0.2) is 82.6 Å². The van der Waals surface area contributed by atoms with Gasteiger partial charge < -0.3 is 26.2 Å². The summed E-state index contributed by atoms with van der Waals surface area (Å²) in [5.41, 5.74) is 10.1. The fourth-order valence-corrected chi connectivity index (χ4v) is 4.73. The zero-order valence-electron chi connectivity index (χ0n) is 23.2. The van der Waals surface area contributed by atoms with E-state index in [-0.39, 0.29) is 17.9 Å². The number of fused-ring (bicyclic) bond motifs is 1. The minimum atomic E-state index is -0.525. The van der Waals surface area contributed by atoms with Crippen molar-refractivity contribution in [2.24, 2.45) is 11.7 Å². The van der Waals surface area contributed by atoms with Crippen molar-refractivity contribution >= 4 is 22.8 Å². The summed E-state index contributed by atoms with van der Waals surface area (Å²) in [7, 11) is 0. The fraction of sp³-hybridized carbons (Fsp3) is 0.323. The molecule has 0 saturated heterocycles. The Morgan fingerprint density at radius 1 is 1.20 bits per heavy atom. The molecule has 9 nitrogen and oxygen atoms in total. The molecule has 3 aromatic rings. The summed E-state index contributed by atoms with van der Waals surface area (Å²) in [5.74, 6) is 0.900. The van der Waals surface area contributed by atoms with Crippen LogP contribution in [0.2, 0.25) is 0 Å². The average molecular weight is 544 g/mol. The maximum absolute atomic E-state index is 13.8. The van der Waals surface area contributed by atoms with Crippen molar-refractivity contribution in [3.63, 3.8) is 0 Å². The van der Waals surface area contributed by atoms with Crippen LogP contribution in [0, 0.1) is 5.92 Å². The lowest BCUT2D eigenvalue weighted by atomic mass is 9.94. The Kier molecular flexibility index (Phi) is 9.39. The second-order valence-corrected chi connectivity index (χ2v) is 9.77. The third-order valence-corrected chi connectivity index (χ3v) is 7.01. The Labute approximate surface area is 234 Å². The summed E-state index contributed by atoms with van der Waals surface area (Å²) < 4.78 is 7.34. The van der Waals surface area contributed by atoms with Crippen molar-refractivity contribution in [1.29, 1.82) is 0 Å². The largest absolute Gasteiger partial charge is 0.493 e. The molecule has 0 radical (unpaired) electrons. The third-order valence-electron chi connectivity index (χ3n) is 7.01. The highest BCUT2D eigenvalue weighted by Crippen LogP contribution is 2.34. The Morgan fingerprint density at radius 3 is 2.77 bits per heavy atom. The molecule has 4 rings (SSSR count). The number of carbonyl (C=O) groups is 1. The van der Waals surface area contributed by atoms with Gasteiger partial charge in [0.2, 0.25) is 0 Å².